The van der Waals surface area contributed by atoms with Gasteiger partial charge in [0.05, 0.1) is 6.61 Å². The second kappa shape index (κ2) is 5.16. The molecule has 1 unspecified atom stereocenters. The van der Waals surface area contributed by atoms with Crippen molar-refractivity contribution >= 4 is 0 Å². The third-order valence-corrected chi connectivity index (χ3v) is 3.63. The average molecular weight is 249 g/mol. The molecule has 1 aromatic carbocycles. The molecule has 0 spiro atoms. The molecular formula is C14H19NO3. The molecule has 4 heteroatoms. The Bertz CT molecular complexity index is 427. The van der Waals surface area contributed by atoms with Gasteiger partial charge >= 0.3 is 0 Å². The molecule has 98 valence electrons. The smallest absolute Gasteiger partial charge is 0.231 e. The van der Waals surface area contributed by atoms with Crippen molar-refractivity contribution in [3.8, 4) is 11.5 Å². The highest BCUT2D eigenvalue weighted by Crippen LogP contribution is 2.42. The summed E-state index contributed by atoms with van der Waals surface area (Å²) in [6, 6.07) is 4.42. The zero-order valence-electron chi connectivity index (χ0n) is 10.7. The summed E-state index contributed by atoms with van der Waals surface area (Å²) in [6.07, 6.45) is 3.66. The Morgan fingerprint density at radius 3 is 3.06 bits per heavy atom. The van der Waals surface area contributed by atoms with Gasteiger partial charge in [-0.25, -0.2) is 0 Å². The van der Waals surface area contributed by atoms with Crippen molar-refractivity contribution in [1.29, 1.82) is 0 Å². The Hall–Kier alpha value is -1.26. The van der Waals surface area contributed by atoms with Crippen molar-refractivity contribution < 1.29 is 14.2 Å². The molecule has 18 heavy (non-hydrogen) atoms. The third kappa shape index (κ3) is 2.06. The van der Waals surface area contributed by atoms with Crippen LogP contribution in [0.1, 0.15) is 36.4 Å². The summed E-state index contributed by atoms with van der Waals surface area (Å²) < 4.78 is 16.4. The highest BCUT2D eigenvalue weighted by molar-refractivity contribution is 5.53. The van der Waals surface area contributed by atoms with E-state index < -0.39 is 0 Å². The van der Waals surface area contributed by atoms with Crippen LogP contribution in [-0.4, -0.2) is 20.4 Å². The van der Waals surface area contributed by atoms with Crippen molar-refractivity contribution in [2.45, 2.75) is 31.9 Å². The summed E-state index contributed by atoms with van der Waals surface area (Å²) in [6.45, 7) is 2.01. The minimum absolute atomic E-state index is 0.325. The van der Waals surface area contributed by atoms with Gasteiger partial charge in [-0.2, -0.15) is 0 Å². The molecule has 0 bridgehead atoms. The minimum Gasteiger partial charge on any atom is -0.454 e. The van der Waals surface area contributed by atoms with Gasteiger partial charge in [0.15, 0.2) is 11.5 Å². The monoisotopic (exact) mass is 249 g/mol. The normalized spacial score (nSPS) is 22.2. The molecule has 0 radical (unpaired) electrons. The van der Waals surface area contributed by atoms with Crippen molar-refractivity contribution in [3.63, 3.8) is 0 Å². The summed E-state index contributed by atoms with van der Waals surface area (Å²) in [5.74, 6) is 1.76. The standard InChI is InChI=1S/C14H19NO3/c1-16-8-10-5-6-12-14(18-9-17-12)13(10)11-4-2-3-7-15-11/h5-6,11,15H,2-4,7-9H2,1H3. The first-order valence-corrected chi connectivity index (χ1v) is 6.54. The number of nitrogens with one attached hydrogen (secondary N) is 1. The van der Waals surface area contributed by atoms with Gasteiger partial charge < -0.3 is 19.5 Å². The van der Waals surface area contributed by atoms with E-state index in [1.165, 1.54) is 24.0 Å². The van der Waals surface area contributed by atoms with Gasteiger partial charge in [0.2, 0.25) is 6.79 Å². The van der Waals surface area contributed by atoms with Gasteiger partial charge in [0, 0.05) is 18.7 Å². The largest absolute Gasteiger partial charge is 0.454 e. The third-order valence-electron chi connectivity index (χ3n) is 3.63. The summed E-state index contributed by atoms with van der Waals surface area (Å²) >= 11 is 0. The molecule has 2 aliphatic heterocycles. The van der Waals surface area contributed by atoms with Crippen LogP contribution in [0.2, 0.25) is 0 Å². The molecule has 1 saturated heterocycles. The quantitative estimate of drug-likeness (QED) is 0.892. The van der Waals surface area contributed by atoms with Gasteiger partial charge in [-0.1, -0.05) is 12.5 Å². The first-order valence-electron chi connectivity index (χ1n) is 6.54. The molecule has 1 fully saturated rings. The Morgan fingerprint density at radius 2 is 2.28 bits per heavy atom. The maximum absolute atomic E-state index is 5.65. The number of benzene rings is 1. The van der Waals surface area contributed by atoms with Crippen LogP contribution in [0, 0.1) is 0 Å². The van der Waals surface area contributed by atoms with Gasteiger partial charge in [0.1, 0.15) is 0 Å². The van der Waals surface area contributed by atoms with Crippen LogP contribution in [-0.2, 0) is 11.3 Å². The predicted molar refractivity (Wildman–Crippen MR) is 67.9 cm³/mol. The summed E-state index contributed by atoms with van der Waals surface area (Å²) in [5.41, 5.74) is 2.42. The van der Waals surface area contributed by atoms with Crippen LogP contribution < -0.4 is 14.8 Å². The van der Waals surface area contributed by atoms with E-state index in [0.717, 1.165) is 24.5 Å². The van der Waals surface area contributed by atoms with Crippen LogP contribution in [0.3, 0.4) is 0 Å². The SMILES string of the molecule is COCc1ccc2c(c1C1CCCCN1)OCO2. The number of fused-ring (bicyclic) bond motifs is 1. The molecule has 2 aliphatic rings. The zero-order chi connectivity index (χ0) is 12.4. The van der Waals surface area contributed by atoms with E-state index in [1.54, 1.807) is 7.11 Å². The Balaban J connectivity index is 2.00. The molecule has 0 aliphatic carbocycles. The number of methoxy groups -OCH3 is 1. The lowest BCUT2D eigenvalue weighted by Gasteiger charge is -2.26. The van der Waals surface area contributed by atoms with E-state index in [2.05, 4.69) is 11.4 Å². The van der Waals surface area contributed by atoms with Crippen LogP contribution in [0.15, 0.2) is 12.1 Å². The lowest BCUT2D eigenvalue weighted by atomic mass is 9.92. The lowest BCUT2D eigenvalue weighted by molar-refractivity contribution is 0.170. The highest BCUT2D eigenvalue weighted by Gasteiger charge is 2.27. The average Bonchev–Trinajstić information content (AvgIpc) is 2.88. The fraction of sp³-hybridized carbons (Fsp3) is 0.571. The second-order valence-corrected chi connectivity index (χ2v) is 4.81. The summed E-state index contributed by atoms with van der Waals surface area (Å²) in [4.78, 5) is 0. The summed E-state index contributed by atoms with van der Waals surface area (Å²) in [5, 5.41) is 3.57. The molecule has 1 atom stereocenters. The molecule has 2 heterocycles. The van der Waals surface area contributed by atoms with E-state index in [1.807, 2.05) is 6.07 Å². The van der Waals surface area contributed by atoms with Crippen molar-refractivity contribution in [2.24, 2.45) is 0 Å². The number of ether oxygens (including phenoxy) is 3. The highest BCUT2D eigenvalue weighted by atomic mass is 16.7. The zero-order valence-corrected chi connectivity index (χ0v) is 10.7. The predicted octanol–water partition coefficient (Wildman–Crippen LogP) is 2.38. The fourth-order valence-corrected chi connectivity index (χ4v) is 2.80. The Kier molecular flexibility index (Phi) is 3.39. The van der Waals surface area contributed by atoms with Gasteiger partial charge in [0.25, 0.3) is 0 Å². The van der Waals surface area contributed by atoms with Gasteiger partial charge in [-0.3, -0.25) is 0 Å². The van der Waals surface area contributed by atoms with E-state index in [0.29, 0.717) is 19.4 Å². The first kappa shape index (κ1) is 11.8. The number of hydrogen-bond acceptors (Lipinski definition) is 4. The maximum atomic E-state index is 5.65. The summed E-state index contributed by atoms with van der Waals surface area (Å²) in [7, 11) is 1.72. The molecule has 0 amide bonds. The van der Waals surface area contributed by atoms with Gasteiger partial charge in [-0.15, -0.1) is 0 Å². The molecular weight excluding hydrogens is 230 g/mol. The molecule has 0 aromatic heterocycles. The lowest BCUT2D eigenvalue weighted by Crippen LogP contribution is -2.28. The number of piperidine rings is 1. The minimum atomic E-state index is 0.325. The van der Waals surface area contributed by atoms with E-state index in [-0.39, 0.29) is 0 Å². The van der Waals surface area contributed by atoms with Gasteiger partial charge in [-0.05, 0) is 31.0 Å². The molecule has 1 aromatic rings. The molecule has 3 rings (SSSR count). The van der Waals surface area contributed by atoms with Crippen molar-refractivity contribution in [2.75, 3.05) is 20.4 Å². The van der Waals surface area contributed by atoms with E-state index in [4.69, 9.17) is 14.2 Å². The van der Waals surface area contributed by atoms with Crippen LogP contribution >= 0.6 is 0 Å². The molecule has 0 saturated carbocycles. The molecule has 1 N–H and O–H groups in total. The van der Waals surface area contributed by atoms with Crippen molar-refractivity contribution in [1.82, 2.24) is 5.32 Å². The fourth-order valence-electron chi connectivity index (χ4n) is 2.80. The number of hydrogen-bond donors (Lipinski definition) is 1. The first-order chi connectivity index (χ1) is 8.90. The second-order valence-electron chi connectivity index (χ2n) is 4.81. The van der Waals surface area contributed by atoms with E-state index >= 15 is 0 Å². The van der Waals surface area contributed by atoms with Crippen LogP contribution in [0.5, 0.6) is 11.5 Å². The number of rotatable bonds is 3. The topological polar surface area (TPSA) is 39.7 Å². The van der Waals surface area contributed by atoms with E-state index in [9.17, 15) is 0 Å². The van der Waals surface area contributed by atoms with Crippen LogP contribution in [0.25, 0.3) is 0 Å². The Labute approximate surface area is 107 Å². The molecule has 4 nitrogen and oxygen atoms in total. The maximum Gasteiger partial charge on any atom is 0.231 e. The van der Waals surface area contributed by atoms with Crippen molar-refractivity contribution in [3.05, 3.63) is 23.3 Å². The Morgan fingerprint density at radius 1 is 1.33 bits per heavy atom. The van der Waals surface area contributed by atoms with Crippen LogP contribution in [0.4, 0.5) is 0 Å².